The van der Waals surface area contributed by atoms with Crippen LogP contribution in [-0.2, 0) is 9.53 Å². The quantitative estimate of drug-likeness (QED) is 0.696. The van der Waals surface area contributed by atoms with E-state index in [1.165, 1.54) is 38.5 Å². The lowest BCUT2D eigenvalue weighted by Crippen LogP contribution is -2.49. The van der Waals surface area contributed by atoms with Gasteiger partial charge in [0.1, 0.15) is 5.60 Å². The van der Waals surface area contributed by atoms with Crippen molar-refractivity contribution >= 4 is 5.97 Å². The Balaban J connectivity index is 1.77. The van der Waals surface area contributed by atoms with Gasteiger partial charge in [-0.3, -0.25) is 4.79 Å². The summed E-state index contributed by atoms with van der Waals surface area (Å²) < 4.78 is 6.08. The number of rotatable bonds is 4. The maximum Gasteiger partial charge on any atom is 0.312 e. The molecule has 3 unspecified atom stereocenters. The summed E-state index contributed by atoms with van der Waals surface area (Å²) in [6.07, 6.45) is 8.87. The molecule has 114 valence electrons. The van der Waals surface area contributed by atoms with Crippen molar-refractivity contribution in [3.63, 3.8) is 0 Å². The first-order valence-electron chi connectivity index (χ1n) is 8.40. The van der Waals surface area contributed by atoms with Gasteiger partial charge in [-0.15, -0.1) is 0 Å². The minimum atomic E-state index is -0.359. The molecule has 0 aromatic rings. The van der Waals surface area contributed by atoms with Crippen molar-refractivity contribution < 1.29 is 9.53 Å². The zero-order chi connectivity index (χ0) is 14.8. The standard InChI is InChI=1S/C18H30O2/c1-6-15(2,3)14(19)20-16(4,5)18-9-7-8-17(12-18)10-13(17)11-18/h13H,6-12H2,1-5H3. The average molecular weight is 278 g/mol. The van der Waals surface area contributed by atoms with Gasteiger partial charge in [-0.2, -0.15) is 0 Å². The van der Waals surface area contributed by atoms with E-state index < -0.39 is 0 Å². The molecule has 0 aliphatic heterocycles. The summed E-state index contributed by atoms with van der Waals surface area (Å²) in [5.41, 5.74) is 0.245. The fraction of sp³-hybridized carbons (Fsp3) is 0.944. The average Bonchev–Trinajstić information content (AvgIpc) is 2.92. The molecule has 3 aliphatic rings. The van der Waals surface area contributed by atoms with Gasteiger partial charge in [0.25, 0.3) is 0 Å². The molecular weight excluding hydrogens is 248 g/mol. The lowest BCUT2D eigenvalue weighted by atomic mass is 9.62. The van der Waals surface area contributed by atoms with Gasteiger partial charge in [0, 0.05) is 5.41 Å². The summed E-state index contributed by atoms with van der Waals surface area (Å²) in [6, 6.07) is 0. The monoisotopic (exact) mass is 278 g/mol. The Hall–Kier alpha value is -0.530. The second-order valence-electron chi connectivity index (χ2n) is 8.92. The van der Waals surface area contributed by atoms with Crippen LogP contribution in [0.5, 0.6) is 0 Å². The minimum absolute atomic E-state index is 0.0143. The van der Waals surface area contributed by atoms with E-state index in [1.807, 2.05) is 13.8 Å². The predicted molar refractivity (Wildman–Crippen MR) is 80.3 cm³/mol. The van der Waals surface area contributed by atoms with E-state index >= 15 is 0 Å². The molecule has 0 N–H and O–H groups in total. The Kier molecular flexibility index (Phi) is 2.89. The Morgan fingerprint density at radius 2 is 1.90 bits per heavy atom. The number of hydrogen-bond donors (Lipinski definition) is 0. The second-order valence-corrected chi connectivity index (χ2v) is 8.92. The summed E-state index contributed by atoms with van der Waals surface area (Å²) in [6.45, 7) is 10.4. The number of carbonyl (C=O) groups is 1. The van der Waals surface area contributed by atoms with E-state index in [0.29, 0.717) is 5.41 Å². The third-order valence-electron chi connectivity index (χ3n) is 7.08. The molecule has 2 bridgehead atoms. The Labute approximate surface area is 123 Å². The second kappa shape index (κ2) is 4.01. The van der Waals surface area contributed by atoms with Gasteiger partial charge >= 0.3 is 5.97 Å². The number of carbonyl (C=O) groups excluding carboxylic acids is 1. The summed E-state index contributed by atoms with van der Waals surface area (Å²) in [5, 5.41) is 0. The van der Waals surface area contributed by atoms with Crippen molar-refractivity contribution in [2.45, 2.75) is 85.2 Å². The van der Waals surface area contributed by atoms with Gasteiger partial charge in [-0.25, -0.2) is 0 Å². The van der Waals surface area contributed by atoms with Crippen LogP contribution in [0.25, 0.3) is 0 Å². The normalized spacial score (nSPS) is 39.4. The fourth-order valence-electron chi connectivity index (χ4n) is 4.90. The maximum absolute atomic E-state index is 12.5. The third-order valence-corrected chi connectivity index (χ3v) is 7.08. The van der Waals surface area contributed by atoms with Crippen molar-refractivity contribution in [1.82, 2.24) is 0 Å². The lowest BCUT2D eigenvalue weighted by Gasteiger charge is -2.48. The molecule has 3 rings (SSSR count). The molecule has 0 amide bonds. The van der Waals surface area contributed by atoms with E-state index in [4.69, 9.17) is 4.74 Å². The first-order valence-corrected chi connectivity index (χ1v) is 8.40. The van der Waals surface area contributed by atoms with E-state index in [0.717, 1.165) is 12.3 Å². The number of esters is 1. The highest BCUT2D eigenvalue weighted by Crippen LogP contribution is 2.77. The van der Waals surface area contributed by atoms with Gasteiger partial charge < -0.3 is 4.74 Å². The van der Waals surface area contributed by atoms with Gasteiger partial charge in [0.05, 0.1) is 5.41 Å². The molecule has 3 atom stereocenters. The van der Waals surface area contributed by atoms with Crippen LogP contribution in [0.15, 0.2) is 0 Å². The molecule has 0 radical (unpaired) electrons. The molecule has 2 nitrogen and oxygen atoms in total. The van der Waals surface area contributed by atoms with E-state index in [9.17, 15) is 4.79 Å². The van der Waals surface area contributed by atoms with Crippen LogP contribution >= 0.6 is 0 Å². The van der Waals surface area contributed by atoms with Crippen LogP contribution in [-0.4, -0.2) is 11.6 Å². The summed E-state index contributed by atoms with van der Waals surface area (Å²) in [4.78, 5) is 12.5. The molecule has 2 heteroatoms. The smallest absolute Gasteiger partial charge is 0.312 e. The maximum atomic E-state index is 12.5. The zero-order valence-corrected chi connectivity index (χ0v) is 13.8. The molecule has 1 spiro atoms. The van der Waals surface area contributed by atoms with Crippen molar-refractivity contribution in [2.24, 2.45) is 22.2 Å². The fourth-order valence-corrected chi connectivity index (χ4v) is 4.90. The molecule has 0 heterocycles. The Morgan fingerprint density at radius 3 is 2.55 bits per heavy atom. The molecule has 3 aliphatic carbocycles. The lowest BCUT2D eigenvalue weighted by molar-refractivity contribution is -0.185. The number of hydrogen-bond acceptors (Lipinski definition) is 2. The van der Waals surface area contributed by atoms with Crippen LogP contribution in [0.4, 0.5) is 0 Å². The van der Waals surface area contributed by atoms with Crippen molar-refractivity contribution in [1.29, 1.82) is 0 Å². The first kappa shape index (κ1) is 14.4. The number of ether oxygens (including phenoxy) is 1. The van der Waals surface area contributed by atoms with E-state index in [2.05, 4.69) is 20.8 Å². The highest BCUT2D eigenvalue weighted by atomic mass is 16.6. The molecular formula is C18H30O2. The first-order chi connectivity index (χ1) is 9.16. The van der Waals surface area contributed by atoms with Crippen LogP contribution in [0.1, 0.15) is 79.6 Å². The van der Waals surface area contributed by atoms with Crippen molar-refractivity contribution in [3.05, 3.63) is 0 Å². The van der Waals surface area contributed by atoms with Crippen LogP contribution in [0.2, 0.25) is 0 Å². The van der Waals surface area contributed by atoms with Crippen molar-refractivity contribution in [2.75, 3.05) is 0 Å². The predicted octanol–water partition coefficient (Wildman–Crippen LogP) is 4.71. The minimum Gasteiger partial charge on any atom is -0.459 e. The number of fused-ring (bicyclic) bond motifs is 1. The highest BCUT2D eigenvalue weighted by molar-refractivity contribution is 5.76. The van der Waals surface area contributed by atoms with Gasteiger partial charge in [0.15, 0.2) is 0 Å². The van der Waals surface area contributed by atoms with Crippen LogP contribution in [0.3, 0.4) is 0 Å². The summed E-state index contributed by atoms with van der Waals surface area (Å²) in [7, 11) is 0. The third kappa shape index (κ3) is 1.86. The van der Waals surface area contributed by atoms with Gasteiger partial charge in [-0.05, 0) is 77.6 Å². The van der Waals surface area contributed by atoms with E-state index in [-0.39, 0.29) is 22.4 Å². The molecule has 0 aromatic heterocycles. The van der Waals surface area contributed by atoms with Crippen LogP contribution in [0, 0.1) is 22.2 Å². The molecule has 3 saturated carbocycles. The molecule has 0 aromatic carbocycles. The van der Waals surface area contributed by atoms with Gasteiger partial charge in [-0.1, -0.05) is 13.3 Å². The Bertz CT molecular complexity index is 437. The Morgan fingerprint density at radius 1 is 1.20 bits per heavy atom. The highest BCUT2D eigenvalue weighted by Gasteiger charge is 2.70. The van der Waals surface area contributed by atoms with E-state index in [1.54, 1.807) is 0 Å². The van der Waals surface area contributed by atoms with Crippen molar-refractivity contribution in [3.8, 4) is 0 Å². The van der Waals surface area contributed by atoms with Crippen LogP contribution < -0.4 is 0 Å². The van der Waals surface area contributed by atoms with Gasteiger partial charge in [0.2, 0.25) is 0 Å². The topological polar surface area (TPSA) is 26.3 Å². The molecule has 3 fully saturated rings. The SMILES string of the molecule is CCC(C)(C)C(=O)OC(C)(C)C12CCCC3(CC3C1)C2. The zero-order valence-electron chi connectivity index (χ0n) is 13.8. The molecule has 0 saturated heterocycles. The largest absolute Gasteiger partial charge is 0.459 e. The molecule has 20 heavy (non-hydrogen) atoms. The summed E-state index contributed by atoms with van der Waals surface area (Å²) in [5.74, 6) is 0.918. The summed E-state index contributed by atoms with van der Waals surface area (Å²) >= 11 is 0.